The van der Waals surface area contributed by atoms with Crippen molar-refractivity contribution in [3.63, 3.8) is 0 Å². The van der Waals surface area contributed by atoms with Crippen molar-refractivity contribution in [3.8, 4) is 0 Å². The first-order valence-electron chi connectivity index (χ1n) is 8.67. The summed E-state index contributed by atoms with van der Waals surface area (Å²) in [4.78, 5) is 8.07. The van der Waals surface area contributed by atoms with Crippen molar-refractivity contribution in [2.24, 2.45) is 5.92 Å². The molecule has 0 aromatic carbocycles. The minimum Gasteiger partial charge on any atom is -0.389 e. The van der Waals surface area contributed by atoms with Crippen LogP contribution in [0.3, 0.4) is 0 Å². The standard InChI is InChI=1S/C16H28N4O3S2/c1-12-15(24-13(2)17-12)11-19-7-5-16(21)6-8-20(10-14(16)9-19)25(22,23)18(3)4/h14,21H,5-11H2,1-4H3/t14-,16-/m1/s1. The Hall–Kier alpha value is -0.580. The van der Waals surface area contributed by atoms with Gasteiger partial charge in [-0.3, -0.25) is 4.90 Å². The SMILES string of the molecule is Cc1nc(C)c(CN2CC[C@@]3(O)CCN(S(=O)(=O)N(C)C)C[C@H]3C2)s1. The molecule has 0 spiro atoms. The minimum absolute atomic E-state index is 0.0564. The molecule has 2 aliphatic heterocycles. The van der Waals surface area contributed by atoms with Gasteiger partial charge in [-0.2, -0.15) is 17.0 Å². The number of nitrogens with zero attached hydrogens (tertiary/aromatic N) is 4. The average Bonchev–Trinajstić information content (AvgIpc) is 2.84. The maximum Gasteiger partial charge on any atom is 0.281 e. The third-order valence-electron chi connectivity index (χ3n) is 5.47. The monoisotopic (exact) mass is 388 g/mol. The topological polar surface area (TPSA) is 77.0 Å². The molecule has 0 bridgehead atoms. The molecule has 2 aliphatic rings. The fourth-order valence-electron chi connectivity index (χ4n) is 3.85. The Balaban J connectivity index is 1.71. The molecule has 2 atom stereocenters. The van der Waals surface area contributed by atoms with Crippen molar-refractivity contribution in [3.05, 3.63) is 15.6 Å². The van der Waals surface area contributed by atoms with E-state index in [1.165, 1.54) is 13.5 Å². The van der Waals surface area contributed by atoms with Crippen LogP contribution in [0.4, 0.5) is 0 Å². The predicted molar refractivity (Wildman–Crippen MR) is 98.7 cm³/mol. The maximum absolute atomic E-state index is 12.4. The van der Waals surface area contributed by atoms with E-state index in [1.54, 1.807) is 25.4 Å². The Morgan fingerprint density at radius 1 is 1.28 bits per heavy atom. The second-order valence-electron chi connectivity index (χ2n) is 7.43. The van der Waals surface area contributed by atoms with Crippen molar-refractivity contribution in [2.45, 2.75) is 38.8 Å². The molecule has 3 heterocycles. The van der Waals surface area contributed by atoms with E-state index in [0.29, 0.717) is 32.5 Å². The van der Waals surface area contributed by atoms with Crippen molar-refractivity contribution in [1.82, 2.24) is 18.5 Å². The highest BCUT2D eigenvalue weighted by atomic mass is 32.2. The first-order chi connectivity index (χ1) is 11.6. The van der Waals surface area contributed by atoms with E-state index in [9.17, 15) is 13.5 Å². The van der Waals surface area contributed by atoms with Crippen molar-refractivity contribution < 1.29 is 13.5 Å². The van der Waals surface area contributed by atoms with Crippen LogP contribution in [0.2, 0.25) is 0 Å². The Bertz CT molecular complexity index is 734. The Morgan fingerprint density at radius 2 is 1.96 bits per heavy atom. The molecular formula is C16H28N4O3S2. The van der Waals surface area contributed by atoms with Gasteiger partial charge in [0.2, 0.25) is 0 Å². The van der Waals surface area contributed by atoms with Gasteiger partial charge in [0.05, 0.1) is 16.3 Å². The minimum atomic E-state index is -3.43. The van der Waals surface area contributed by atoms with Gasteiger partial charge in [0.15, 0.2) is 0 Å². The molecule has 1 N–H and O–H groups in total. The maximum atomic E-state index is 12.4. The summed E-state index contributed by atoms with van der Waals surface area (Å²) < 4.78 is 27.6. The highest BCUT2D eigenvalue weighted by molar-refractivity contribution is 7.86. The number of hydrogen-bond acceptors (Lipinski definition) is 6. The predicted octanol–water partition coefficient (Wildman–Crippen LogP) is 0.825. The van der Waals surface area contributed by atoms with Crippen LogP contribution in [0.25, 0.3) is 0 Å². The number of hydrogen-bond donors (Lipinski definition) is 1. The molecule has 142 valence electrons. The quantitative estimate of drug-likeness (QED) is 0.827. The summed E-state index contributed by atoms with van der Waals surface area (Å²) >= 11 is 1.72. The second-order valence-corrected chi connectivity index (χ2v) is 10.9. The lowest BCUT2D eigenvalue weighted by atomic mass is 9.76. The summed E-state index contributed by atoms with van der Waals surface area (Å²) in [5.41, 5.74) is 0.330. The smallest absolute Gasteiger partial charge is 0.281 e. The van der Waals surface area contributed by atoms with Gasteiger partial charge in [-0.15, -0.1) is 11.3 Å². The van der Waals surface area contributed by atoms with E-state index in [4.69, 9.17) is 0 Å². The number of piperidine rings is 2. The number of likely N-dealkylation sites (tertiary alicyclic amines) is 1. The molecule has 2 saturated heterocycles. The van der Waals surface area contributed by atoms with Crippen LogP contribution >= 0.6 is 11.3 Å². The molecular weight excluding hydrogens is 360 g/mol. The van der Waals surface area contributed by atoms with Crippen molar-refractivity contribution in [1.29, 1.82) is 0 Å². The van der Waals surface area contributed by atoms with Gasteiger partial charge in [0.1, 0.15) is 0 Å². The zero-order valence-corrected chi connectivity index (χ0v) is 17.0. The van der Waals surface area contributed by atoms with Crippen LogP contribution < -0.4 is 0 Å². The van der Waals surface area contributed by atoms with Gasteiger partial charge in [-0.05, 0) is 26.7 Å². The van der Waals surface area contributed by atoms with Gasteiger partial charge in [-0.1, -0.05) is 0 Å². The van der Waals surface area contributed by atoms with Crippen LogP contribution in [-0.4, -0.2) is 77.9 Å². The molecule has 2 fully saturated rings. The number of rotatable bonds is 4. The van der Waals surface area contributed by atoms with Crippen LogP contribution in [0, 0.1) is 19.8 Å². The van der Waals surface area contributed by atoms with E-state index in [0.717, 1.165) is 23.8 Å². The fraction of sp³-hybridized carbons (Fsp3) is 0.812. The lowest BCUT2D eigenvalue weighted by Gasteiger charge is -2.50. The number of thiazole rings is 1. The first kappa shape index (κ1) is 19.2. The third kappa shape index (κ3) is 3.77. The van der Waals surface area contributed by atoms with Crippen LogP contribution in [0.5, 0.6) is 0 Å². The molecule has 1 aromatic rings. The van der Waals surface area contributed by atoms with E-state index in [2.05, 4.69) is 9.88 Å². The molecule has 25 heavy (non-hydrogen) atoms. The first-order valence-corrected chi connectivity index (χ1v) is 10.9. The van der Waals surface area contributed by atoms with Crippen LogP contribution in [0.15, 0.2) is 0 Å². The van der Waals surface area contributed by atoms with Gasteiger partial charge in [-0.25, -0.2) is 4.98 Å². The summed E-state index contributed by atoms with van der Waals surface area (Å²) in [5, 5.41) is 12.1. The zero-order valence-electron chi connectivity index (χ0n) is 15.4. The van der Waals surface area contributed by atoms with E-state index in [-0.39, 0.29) is 5.92 Å². The average molecular weight is 389 g/mol. The highest BCUT2D eigenvalue weighted by Gasteiger charge is 2.47. The third-order valence-corrected chi connectivity index (χ3v) is 8.44. The molecule has 0 unspecified atom stereocenters. The van der Waals surface area contributed by atoms with Gasteiger partial charge in [0.25, 0.3) is 10.2 Å². The summed E-state index contributed by atoms with van der Waals surface area (Å²) in [5.74, 6) is -0.0564. The molecule has 1 aromatic heterocycles. The van der Waals surface area contributed by atoms with Gasteiger partial charge < -0.3 is 5.11 Å². The van der Waals surface area contributed by atoms with Crippen LogP contribution in [0.1, 0.15) is 28.4 Å². The number of aromatic nitrogens is 1. The molecule has 0 amide bonds. The highest BCUT2D eigenvalue weighted by Crippen LogP contribution is 2.37. The molecule has 7 nitrogen and oxygen atoms in total. The molecule has 0 radical (unpaired) electrons. The van der Waals surface area contributed by atoms with E-state index in [1.807, 2.05) is 13.8 Å². The molecule has 0 aliphatic carbocycles. The summed E-state index contributed by atoms with van der Waals surface area (Å²) in [6.07, 6.45) is 1.21. The molecule has 3 rings (SSSR count). The zero-order chi connectivity index (χ0) is 18.4. The molecule has 9 heteroatoms. The number of aliphatic hydroxyl groups is 1. The van der Waals surface area contributed by atoms with Crippen molar-refractivity contribution in [2.75, 3.05) is 40.3 Å². The number of fused-ring (bicyclic) bond motifs is 1. The summed E-state index contributed by atoms with van der Waals surface area (Å²) in [6.45, 7) is 7.20. The summed E-state index contributed by atoms with van der Waals surface area (Å²) in [6, 6.07) is 0. The lowest BCUT2D eigenvalue weighted by molar-refractivity contribution is -0.103. The van der Waals surface area contributed by atoms with E-state index >= 15 is 0 Å². The van der Waals surface area contributed by atoms with Crippen molar-refractivity contribution >= 4 is 21.5 Å². The number of aryl methyl sites for hydroxylation is 2. The fourth-order valence-corrected chi connectivity index (χ4v) is 5.98. The Kier molecular flexibility index (Phi) is 5.27. The Morgan fingerprint density at radius 3 is 2.56 bits per heavy atom. The second kappa shape index (κ2) is 6.86. The van der Waals surface area contributed by atoms with E-state index < -0.39 is 15.8 Å². The Labute approximate surface area is 154 Å². The normalized spacial score (nSPS) is 29.1. The van der Waals surface area contributed by atoms with Crippen LogP contribution in [-0.2, 0) is 16.8 Å². The molecule has 0 saturated carbocycles. The van der Waals surface area contributed by atoms with Gasteiger partial charge >= 0.3 is 0 Å². The largest absolute Gasteiger partial charge is 0.389 e. The lowest BCUT2D eigenvalue weighted by Crippen LogP contribution is -2.61. The summed E-state index contributed by atoms with van der Waals surface area (Å²) in [7, 11) is -0.320. The van der Waals surface area contributed by atoms with Gasteiger partial charge in [0, 0.05) is 57.6 Å².